The fourth-order valence-electron chi connectivity index (χ4n) is 2.00. The lowest BCUT2D eigenvalue weighted by Gasteiger charge is -2.15. The summed E-state index contributed by atoms with van der Waals surface area (Å²) in [6, 6.07) is 4.65. The quantitative estimate of drug-likeness (QED) is 0.642. The number of rotatable bonds is 9. The van der Waals surface area contributed by atoms with E-state index >= 15 is 0 Å². The molecular weight excluding hydrogens is 348 g/mol. The fourth-order valence-corrected chi connectivity index (χ4v) is 2.00. The highest BCUT2D eigenvalue weighted by Gasteiger charge is 2.42. The van der Waals surface area contributed by atoms with Gasteiger partial charge in [0.1, 0.15) is 0 Å². The van der Waals surface area contributed by atoms with E-state index in [0.29, 0.717) is 25.1 Å². The van der Waals surface area contributed by atoms with E-state index in [9.17, 15) is 18.4 Å². The molecule has 0 unspecified atom stereocenters. The van der Waals surface area contributed by atoms with Crippen molar-refractivity contribution in [3.8, 4) is 0 Å². The van der Waals surface area contributed by atoms with Gasteiger partial charge in [-0.1, -0.05) is 35.5 Å². The number of alkyl halides is 2. The number of nitrogens with one attached hydrogen (secondary N) is 2. The Kier molecular flexibility index (Phi) is 6.73. The zero-order valence-corrected chi connectivity index (χ0v) is 14.1. The number of hydrogen-bond acceptors (Lipinski definition) is 5. The van der Waals surface area contributed by atoms with E-state index in [-0.39, 0.29) is 16.9 Å². The molecule has 140 valence electrons. The molecule has 0 bridgehead atoms. The molecule has 2 rings (SSSR count). The summed E-state index contributed by atoms with van der Waals surface area (Å²) in [5.41, 5.74) is 0.365. The monoisotopic (exact) mass is 367 g/mol. The van der Waals surface area contributed by atoms with Crippen LogP contribution in [-0.2, 0) is 22.1 Å². The molecule has 0 aliphatic rings. The molecule has 10 heteroatoms. The van der Waals surface area contributed by atoms with Crippen LogP contribution in [0.15, 0.2) is 36.5 Å². The molecule has 8 nitrogen and oxygen atoms in total. The summed E-state index contributed by atoms with van der Waals surface area (Å²) < 4.78 is 33.3. The van der Waals surface area contributed by atoms with Crippen LogP contribution in [0, 0.1) is 0 Å². The minimum atomic E-state index is -3.98. The molecule has 0 aliphatic heterocycles. The molecule has 0 aliphatic carbocycles. The second-order valence-corrected chi connectivity index (χ2v) is 5.36. The van der Waals surface area contributed by atoms with E-state index in [1.807, 2.05) is 0 Å². The van der Waals surface area contributed by atoms with Gasteiger partial charge < -0.3 is 15.4 Å². The summed E-state index contributed by atoms with van der Waals surface area (Å²) in [5, 5.41) is 11.2. The van der Waals surface area contributed by atoms with Gasteiger partial charge in [0.25, 0.3) is 5.91 Å². The Balaban J connectivity index is 1.94. The zero-order valence-electron chi connectivity index (χ0n) is 14.1. The van der Waals surface area contributed by atoms with Crippen molar-refractivity contribution in [2.45, 2.75) is 19.0 Å². The van der Waals surface area contributed by atoms with E-state index in [0.717, 1.165) is 6.20 Å². The smallest absolute Gasteiger partial charge is 0.385 e. The van der Waals surface area contributed by atoms with Crippen molar-refractivity contribution < 1.29 is 23.1 Å². The number of benzene rings is 1. The molecule has 1 aromatic heterocycles. The summed E-state index contributed by atoms with van der Waals surface area (Å²) in [5.74, 6) is -2.20. The van der Waals surface area contributed by atoms with Gasteiger partial charge in [0, 0.05) is 26.8 Å². The molecule has 0 radical (unpaired) electrons. The predicted molar refractivity (Wildman–Crippen MR) is 87.3 cm³/mol. The lowest BCUT2D eigenvalue weighted by atomic mass is 10.2. The van der Waals surface area contributed by atoms with Crippen molar-refractivity contribution in [2.24, 2.45) is 0 Å². The first-order valence-electron chi connectivity index (χ1n) is 7.85. The summed E-state index contributed by atoms with van der Waals surface area (Å²) in [7, 11) is 1.53. The molecule has 1 heterocycles. The van der Waals surface area contributed by atoms with Crippen LogP contribution in [0.5, 0.6) is 0 Å². The second kappa shape index (κ2) is 8.99. The summed E-state index contributed by atoms with van der Waals surface area (Å²) in [6.45, 7) is 0.691. The van der Waals surface area contributed by atoms with Crippen LogP contribution in [0.25, 0.3) is 0 Å². The van der Waals surface area contributed by atoms with E-state index in [4.69, 9.17) is 4.74 Å². The number of carbonyl (C=O) groups is 2. The largest absolute Gasteiger partial charge is 0.423 e. The molecule has 0 atom stereocenters. The van der Waals surface area contributed by atoms with Gasteiger partial charge in [0.05, 0.1) is 6.20 Å². The first kappa shape index (κ1) is 19.4. The molecule has 2 aromatic rings. The molecule has 1 aromatic carbocycles. The minimum Gasteiger partial charge on any atom is -0.385 e. The SMILES string of the molecule is COCCCNC(=O)c1cn(C(F)(F)C(=O)NCc2ccccc2)nn1. The average Bonchev–Trinajstić information content (AvgIpc) is 3.15. The Hall–Kier alpha value is -2.88. The number of nitrogens with zero attached hydrogens (tertiary/aromatic N) is 3. The van der Waals surface area contributed by atoms with Crippen LogP contribution >= 0.6 is 0 Å². The molecule has 2 N–H and O–H groups in total. The molecule has 0 saturated carbocycles. The number of ether oxygens (including phenoxy) is 1. The van der Waals surface area contributed by atoms with Crippen LogP contribution < -0.4 is 10.6 Å². The van der Waals surface area contributed by atoms with Gasteiger partial charge in [-0.3, -0.25) is 9.59 Å². The standard InChI is InChI=1S/C16H19F2N5O3/c1-26-9-5-8-19-14(24)13-11-23(22-21-13)16(17,18)15(25)20-10-12-6-3-2-4-7-12/h2-4,6-7,11H,5,8-10H2,1H3,(H,19,24)(H,20,25). The fraction of sp³-hybridized carbons (Fsp3) is 0.375. The van der Waals surface area contributed by atoms with E-state index in [2.05, 4.69) is 20.9 Å². The van der Waals surface area contributed by atoms with Crippen molar-refractivity contribution in [1.82, 2.24) is 25.6 Å². The molecule has 26 heavy (non-hydrogen) atoms. The van der Waals surface area contributed by atoms with Crippen molar-refractivity contribution in [2.75, 3.05) is 20.3 Å². The van der Waals surface area contributed by atoms with Crippen molar-refractivity contribution in [3.63, 3.8) is 0 Å². The van der Waals surface area contributed by atoms with Gasteiger partial charge in [0.2, 0.25) is 0 Å². The van der Waals surface area contributed by atoms with Gasteiger partial charge in [-0.2, -0.15) is 13.5 Å². The maximum Gasteiger partial charge on any atom is 0.423 e. The molecule has 0 spiro atoms. The Bertz CT molecular complexity index is 736. The van der Waals surface area contributed by atoms with Crippen molar-refractivity contribution in [3.05, 3.63) is 47.8 Å². The maximum atomic E-state index is 14.2. The highest BCUT2D eigenvalue weighted by molar-refractivity contribution is 5.92. The van der Waals surface area contributed by atoms with Gasteiger partial charge >= 0.3 is 12.0 Å². The summed E-state index contributed by atoms with van der Waals surface area (Å²) >= 11 is 0. The van der Waals surface area contributed by atoms with Crippen molar-refractivity contribution in [1.29, 1.82) is 0 Å². The van der Waals surface area contributed by atoms with Crippen LogP contribution in [0.1, 0.15) is 22.5 Å². The van der Waals surface area contributed by atoms with E-state index in [1.54, 1.807) is 30.3 Å². The van der Waals surface area contributed by atoms with Crippen LogP contribution in [0.3, 0.4) is 0 Å². The first-order valence-corrected chi connectivity index (χ1v) is 7.85. The third-order valence-corrected chi connectivity index (χ3v) is 3.39. The Morgan fingerprint density at radius 1 is 1.23 bits per heavy atom. The number of halogens is 2. The number of aromatic nitrogens is 3. The predicted octanol–water partition coefficient (Wildman–Crippen LogP) is 0.910. The zero-order chi connectivity index (χ0) is 19.0. The first-order chi connectivity index (χ1) is 12.4. The third kappa shape index (κ3) is 5.06. The lowest BCUT2D eigenvalue weighted by Crippen LogP contribution is -2.42. The summed E-state index contributed by atoms with van der Waals surface area (Å²) in [4.78, 5) is 23.6. The van der Waals surface area contributed by atoms with Crippen LogP contribution in [-0.4, -0.2) is 47.1 Å². The van der Waals surface area contributed by atoms with Crippen LogP contribution in [0.4, 0.5) is 8.78 Å². The Labute approximate surface area is 148 Å². The normalized spacial score (nSPS) is 11.2. The van der Waals surface area contributed by atoms with Gasteiger partial charge in [-0.25, -0.2) is 0 Å². The molecule has 0 saturated heterocycles. The average molecular weight is 367 g/mol. The topological polar surface area (TPSA) is 98.1 Å². The van der Waals surface area contributed by atoms with Gasteiger partial charge in [0.15, 0.2) is 5.69 Å². The number of amides is 2. The summed E-state index contributed by atoms with van der Waals surface area (Å²) in [6.07, 6.45) is 1.29. The molecule has 2 amide bonds. The van der Waals surface area contributed by atoms with E-state index in [1.165, 1.54) is 7.11 Å². The minimum absolute atomic E-state index is 0.0587. The number of hydrogen-bond donors (Lipinski definition) is 2. The number of methoxy groups -OCH3 is 1. The number of carbonyl (C=O) groups excluding carboxylic acids is 2. The van der Waals surface area contributed by atoms with Crippen LogP contribution in [0.2, 0.25) is 0 Å². The van der Waals surface area contributed by atoms with Gasteiger partial charge in [-0.05, 0) is 12.0 Å². The highest BCUT2D eigenvalue weighted by atomic mass is 19.3. The van der Waals surface area contributed by atoms with E-state index < -0.39 is 17.9 Å². The third-order valence-electron chi connectivity index (χ3n) is 3.39. The van der Waals surface area contributed by atoms with Crippen molar-refractivity contribution >= 4 is 11.8 Å². The maximum absolute atomic E-state index is 14.2. The lowest BCUT2D eigenvalue weighted by molar-refractivity contribution is -0.164. The molecular formula is C16H19F2N5O3. The van der Waals surface area contributed by atoms with Gasteiger partial charge in [-0.15, -0.1) is 5.10 Å². The molecule has 0 fully saturated rings. The Morgan fingerprint density at radius 2 is 1.96 bits per heavy atom. The highest BCUT2D eigenvalue weighted by Crippen LogP contribution is 2.20. The second-order valence-electron chi connectivity index (χ2n) is 5.36. The Morgan fingerprint density at radius 3 is 2.65 bits per heavy atom.